The summed E-state index contributed by atoms with van der Waals surface area (Å²) >= 11 is 0. The summed E-state index contributed by atoms with van der Waals surface area (Å²) in [6.45, 7) is 18.0. The van der Waals surface area contributed by atoms with E-state index >= 15 is 0 Å². The average Bonchev–Trinajstić information content (AvgIpc) is 3.07. The molecular formula is C44H49ClN2O. The molecule has 1 aliphatic rings. The van der Waals surface area contributed by atoms with Crippen LogP contribution in [0.25, 0.3) is 22.3 Å². The summed E-state index contributed by atoms with van der Waals surface area (Å²) in [4.78, 5) is 19.0. The van der Waals surface area contributed by atoms with Crippen LogP contribution in [-0.2, 0) is 6.54 Å². The number of carbonyl (C=O) groups is 1. The van der Waals surface area contributed by atoms with Gasteiger partial charge >= 0.3 is 0 Å². The molecule has 3 nitrogen and oxygen atoms in total. The Morgan fingerprint density at radius 3 is 1.67 bits per heavy atom. The summed E-state index contributed by atoms with van der Waals surface area (Å²) in [6.07, 6.45) is 1.87. The lowest BCUT2D eigenvalue weighted by molar-refractivity contribution is 0.0958. The zero-order chi connectivity index (χ0) is 33.2. The molecular weight excluding hydrogens is 608 g/mol. The van der Waals surface area contributed by atoms with Gasteiger partial charge in [-0.05, 0) is 153 Å². The van der Waals surface area contributed by atoms with Crippen molar-refractivity contribution in [1.29, 1.82) is 0 Å². The Bertz CT molecular complexity index is 1870. The van der Waals surface area contributed by atoms with E-state index in [9.17, 15) is 4.79 Å². The number of hydrogen-bond acceptors (Lipinski definition) is 2. The topological polar surface area (TPSA) is 23.6 Å². The quantitative estimate of drug-likeness (QED) is 0.174. The number of halogens is 1. The van der Waals surface area contributed by atoms with E-state index in [4.69, 9.17) is 0 Å². The highest BCUT2D eigenvalue weighted by Gasteiger charge is 2.30. The van der Waals surface area contributed by atoms with E-state index in [0.717, 1.165) is 54.9 Å². The largest absolute Gasteiger partial charge is 0.305 e. The Morgan fingerprint density at radius 2 is 1.12 bits per heavy atom. The van der Waals surface area contributed by atoms with Gasteiger partial charge in [0, 0.05) is 36.9 Å². The Balaban J connectivity index is 0.00000451. The summed E-state index contributed by atoms with van der Waals surface area (Å²) in [5.41, 5.74) is 17.0. The molecule has 1 heterocycles. The van der Waals surface area contributed by atoms with Crippen LogP contribution >= 0.6 is 12.4 Å². The molecule has 1 aliphatic heterocycles. The van der Waals surface area contributed by atoms with Crippen LogP contribution in [0.3, 0.4) is 0 Å². The Morgan fingerprint density at radius 1 is 0.625 bits per heavy atom. The van der Waals surface area contributed by atoms with Crippen molar-refractivity contribution in [3.63, 3.8) is 0 Å². The van der Waals surface area contributed by atoms with Gasteiger partial charge in [0.2, 0.25) is 0 Å². The average molecular weight is 657 g/mol. The summed E-state index contributed by atoms with van der Waals surface area (Å²) in [5.74, 6) is 0.0751. The number of anilines is 1. The molecule has 4 heteroatoms. The lowest BCUT2D eigenvalue weighted by Crippen LogP contribution is -2.47. The summed E-state index contributed by atoms with van der Waals surface area (Å²) in [6, 6.07) is 34.9. The minimum Gasteiger partial charge on any atom is -0.305 e. The van der Waals surface area contributed by atoms with Crippen molar-refractivity contribution >= 4 is 24.0 Å². The summed E-state index contributed by atoms with van der Waals surface area (Å²) in [5, 5.41) is 0. The number of hydrogen-bond donors (Lipinski definition) is 0. The molecule has 0 radical (unpaired) electrons. The first-order valence-corrected chi connectivity index (χ1v) is 17.1. The van der Waals surface area contributed by atoms with E-state index in [1.54, 1.807) is 0 Å². The first-order chi connectivity index (χ1) is 22.6. The van der Waals surface area contributed by atoms with E-state index in [2.05, 4.69) is 143 Å². The number of rotatable bonds is 7. The van der Waals surface area contributed by atoms with Crippen LogP contribution in [0.2, 0.25) is 0 Å². The number of carbonyl (C=O) groups excluding carboxylic acids is 1. The summed E-state index contributed by atoms with van der Waals surface area (Å²) < 4.78 is 0. The highest BCUT2D eigenvalue weighted by Crippen LogP contribution is 2.31. The van der Waals surface area contributed by atoms with E-state index in [-0.39, 0.29) is 24.4 Å². The van der Waals surface area contributed by atoms with Gasteiger partial charge in [0.1, 0.15) is 0 Å². The van der Waals surface area contributed by atoms with Crippen LogP contribution in [0, 0.1) is 48.5 Å². The molecule has 1 amide bonds. The van der Waals surface area contributed by atoms with Gasteiger partial charge < -0.3 is 4.90 Å². The molecule has 0 spiro atoms. The second-order valence-electron chi connectivity index (χ2n) is 13.8. The fourth-order valence-electron chi connectivity index (χ4n) is 7.02. The van der Waals surface area contributed by atoms with Gasteiger partial charge in [-0.2, -0.15) is 0 Å². The van der Waals surface area contributed by atoms with Crippen molar-refractivity contribution in [2.45, 2.75) is 73.9 Å². The molecule has 0 unspecified atom stereocenters. The Labute approximate surface area is 294 Å². The van der Waals surface area contributed by atoms with Gasteiger partial charge in [0.25, 0.3) is 5.91 Å². The van der Waals surface area contributed by atoms with Gasteiger partial charge in [0.15, 0.2) is 0 Å². The SMILES string of the molecule is Cc1ccc(N(C(=O)c2cccc(-c3cc(C)c(C)c(C)c3)c2)C2CCN(Cc3cccc(-c4cc(C)c(C)c(C)c4)c3)CC2)cc1.Cl. The van der Waals surface area contributed by atoms with Gasteiger partial charge in [-0.15, -0.1) is 12.4 Å². The number of amides is 1. The van der Waals surface area contributed by atoms with Gasteiger partial charge in [0.05, 0.1) is 0 Å². The molecule has 1 fully saturated rings. The first kappa shape index (κ1) is 35.1. The van der Waals surface area contributed by atoms with Crippen LogP contribution in [0.4, 0.5) is 5.69 Å². The first-order valence-electron chi connectivity index (χ1n) is 17.1. The van der Waals surface area contributed by atoms with Gasteiger partial charge in [-0.1, -0.05) is 72.3 Å². The molecule has 0 aromatic heterocycles. The molecule has 5 aromatic carbocycles. The molecule has 1 saturated heterocycles. The lowest BCUT2D eigenvalue weighted by atomic mass is 9.94. The molecule has 0 N–H and O–H groups in total. The van der Waals surface area contributed by atoms with Crippen LogP contribution < -0.4 is 4.90 Å². The lowest BCUT2D eigenvalue weighted by Gasteiger charge is -2.39. The van der Waals surface area contributed by atoms with Crippen molar-refractivity contribution in [3.8, 4) is 22.3 Å². The van der Waals surface area contributed by atoms with Crippen molar-refractivity contribution in [2.75, 3.05) is 18.0 Å². The fraction of sp³-hybridized carbons (Fsp3) is 0.295. The van der Waals surface area contributed by atoms with Crippen molar-refractivity contribution in [3.05, 3.63) is 147 Å². The predicted octanol–water partition coefficient (Wildman–Crippen LogP) is 10.9. The van der Waals surface area contributed by atoms with Crippen molar-refractivity contribution in [1.82, 2.24) is 4.90 Å². The standard InChI is InChI=1S/C44H48N2O.ClH/c1-29-14-16-42(17-15-29)46(44(47)39-13-9-12-38(27-39)41-24-32(4)35(7)33(5)25-41)43-18-20-45(21-19-43)28-36-10-8-11-37(26-36)40-22-30(2)34(6)31(3)23-40;/h8-17,22-27,43H,18-21,28H2,1-7H3;1H. The van der Waals surface area contributed by atoms with Crippen LogP contribution in [0.1, 0.15) is 67.7 Å². The molecule has 0 saturated carbocycles. The minimum atomic E-state index is 0. The van der Waals surface area contributed by atoms with Crippen molar-refractivity contribution in [2.24, 2.45) is 0 Å². The maximum atomic E-state index is 14.4. The summed E-state index contributed by atoms with van der Waals surface area (Å²) in [7, 11) is 0. The third kappa shape index (κ3) is 7.59. The van der Waals surface area contributed by atoms with Gasteiger partial charge in [-0.3, -0.25) is 9.69 Å². The number of likely N-dealkylation sites (tertiary alicyclic amines) is 1. The molecule has 0 aliphatic carbocycles. The van der Waals surface area contributed by atoms with Gasteiger partial charge in [-0.25, -0.2) is 0 Å². The Hall–Kier alpha value is -4.18. The van der Waals surface area contributed by atoms with Crippen molar-refractivity contribution < 1.29 is 4.79 Å². The molecule has 0 atom stereocenters. The zero-order valence-electron chi connectivity index (χ0n) is 29.6. The van der Waals surface area contributed by atoms with E-state index in [0.29, 0.717) is 0 Å². The minimum absolute atomic E-state index is 0. The second kappa shape index (κ2) is 14.9. The fourth-order valence-corrected chi connectivity index (χ4v) is 7.02. The van der Waals surface area contributed by atoms with E-state index in [1.807, 2.05) is 12.1 Å². The number of nitrogens with zero attached hydrogens (tertiary/aromatic N) is 2. The smallest absolute Gasteiger partial charge is 0.258 e. The van der Waals surface area contributed by atoms with E-state index in [1.165, 1.54) is 55.6 Å². The van der Waals surface area contributed by atoms with Crippen LogP contribution in [-0.4, -0.2) is 29.9 Å². The third-order valence-corrected chi connectivity index (χ3v) is 10.4. The number of piperidine rings is 1. The predicted molar refractivity (Wildman–Crippen MR) is 206 cm³/mol. The monoisotopic (exact) mass is 656 g/mol. The molecule has 48 heavy (non-hydrogen) atoms. The highest BCUT2D eigenvalue weighted by molar-refractivity contribution is 6.07. The molecule has 0 bridgehead atoms. The number of benzene rings is 5. The molecule has 6 rings (SSSR count). The highest BCUT2D eigenvalue weighted by atomic mass is 35.5. The second-order valence-corrected chi connectivity index (χ2v) is 13.8. The zero-order valence-corrected chi connectivity index (χ0v) is 30.4. The normalized spacial score (nSPS) is 13.6. The number of aryl methyl sites for hydroxylation is 5. The maximum absolute atomic E-state index is 14.4. The van der Waals surface area contributed by atoms with Crippen LogP contribution in [0.15, 0.2) is 97.1 Å². The van der Waals surface area contributed by atoms with Crippen LogP contribution in [0.5, 0.6) is 0 Å². The third-order valence-electron chi connectivity index (χ3n) is 10.4. The molecule has 248 valence electrons. The van der Waals surface area contributed by atoms with E-state index < -0.39 is 0 Å². The maximum Gasteiger partial charge on any atom is 0.258 e. The molecule has 5 aromatic rings. The Kier molecular flexibility index (Phi) is 10.9.